The quantitative estimate of drug-likeness (QED) is 0.472. The highest BCUT2D eigenvalue weighted by Crippen LogP contribution is 2.26. The molecule has 3 atom stereocenters. The number of carbonyl (C=O) groups excluding carboxylic acids is 1. The van der Waals surface area contributed by atoms with E-state index in [1.54, 1.807) is 0 Å². The van der Waals surface area contributed by atoms with Crippen molar-refractivity contribution in [2.75, 3.05) is 12.3 Å². The molecule has 3 rings (SSSR count). The zero-order valence-corrected chi connectivity index (χ0v) is 13.5. The fraction of sp³-hybridized carbons (Fsp3) is 0.562. The van der Waals surface area contributed by atoms with Gasteiger partial charge in [-0.05, 0) is 43.6 Å². The van der Waals surface area contributed by atoms with Gasteiger partial charge >= 0.3 is 0 Å². The van der Waals surface area contributed by atoms with Gasteiger partial charge < -0.3 is 5.32 Å². The lowest BCUT2D eigenvalue weighted by Crippen LogP contribution is -2.44. The number of amides is 1. The number of nitrogens with one attached hydrogen (secondary N) is 4. The highest BCUT2D eigenvalue weighted by Gasteiger charge is 2.36. The molecule has 0 spiro atoms. The lowest BCUT2D eigenvalue weighted by atomic mass is 9.82. The summed E-state index contributed by atoms with van der Waals surface area (Å²) in [5.41, 5.74) is 9.36. The molecule has 1 aliphatic heterocycles. The number of carbonyl (C=O) groups is 1. The number of hydrazine groups is 2. The van der Waals surface area contributed by atoms with Crippen LogP contribution < -0.4 is 21.7 Å². The fourth-order valence-corrected chi connectivity index (χ4v) is 3.98. The first-order valence-corrected chi connectivity index (χ1v) is 9.03. The predicted octanol–water partition coefficient (Wildman–Crippen LogP) is 1.43. The minimum Gasteiger partial charge on any atom is -0.356 e. The summed E-state index contributed by atoms with van der Waals surface area (Å²) in [5, 5.41) is 3.10. The maximum atomic E-state index is 12.2. The van der Waals surface area contributed by atoms with Gasteiger partial charge in [0.25, 0.3) is 0 Å². The minimum atomic E-state index is 0.150. The third-order valence-corrected chi connectivity index (χ3v) is 5.47. The van der Waals surface area contributed by atoms with E-state index in [0.717, 1.165) is 38.0 Å². The van der Waals surface area contributed by atoms with Crippen LogP contribution in [-0.4, -0.2) is 30.3 Å². The van der Waals surface area contributed by atoms with Gasteiger partial charge in [-0.1, -0.05) is 18.2 Å². The van der Waals surface area contributed by atoms with E-state index in [1.807, 2.05) is 17.8 Å². The lowest BCUT2D eigenvalue weighted by Gasteiger charge is -2.29. The van der Waals surface area contributed by atoms with E-state index in [1.165, 1.54) is 4.90 Å². The van der Waals surface area contributed by atoms with Gasteiger partial charge in [-0.2, -0.15) is 5.53 Å². The van der Waals surface area contributed by atoms with E-state index in [-0.39, 0.29) is 11.8 Å². The molecule has 1 saturated heterocycles. The monoisotopic (exact) mass is 320 g/mol. The zero-order valence-electron chi connectivity index (χ0n) is 12.7. The third-order valence-electron chi connectivity index (χ3n) is 4.37. The van der Waals surface area contributed by atoms with Crippen LogP contribution in [0.25, 0.3) is 0 Å². The fourth-order valence-electron chi connectivity index (χ4n) is 3.10. The van der Waals surface area contributed by atoms with Gasteiger partial charge in [0.05, 0.1) is 0 Å². The van der Waals surface area contributed by atoms with Crippen molar-refractivity contribution in [1.82, 2.24) is 21.7 Å². The molecule has 3 unspecified atom stereocenters. The lowest BCUT2D eigenvalue weighted by molar-refractivity contribution is -0.126. The Hall–Kier alpha value is -1.08. The van der Waals surface area contributed by atoms with Crippen molar-refractivity contribution in [3.8, 4) is 0 Å². The SMILES string of the molecule is O=C(NCCCSc1ccccc1)C1CCC2NNNC2C1. The topological polar surface area (TPSA) is 65.2 Å². The summed E-state index contributed by atoms with van der Waals surface area (Å²) in [7, 11) is 0. The van der Waals surface area contributed by atoms with E-state index in [4.69, 9.17) is 0 Å². The maximum Gasteiger partial charge on any atom is 0.223 e. The maximum absolute atomic E-state index is 12.2. The molecule has 6 heteroatoms. The van der Waals surface area contributed by atoms with Crippen LogP contribution in [0.15, 0.2) is 35.2 Å². The Bertz CT molecular complexity index is 484. The molecular weight excluding hydrogens is 296 g/mol. The first kappa shape index (κ1) is 15.8. The molecule has 1 aliphatic carbocycles. The van der Waals surface area contributed by atoms with Crippen LogP contribution >= 0.6 is 11.8 Å². The van der Waals surface area contributed by atoms with Crippen molar-refractivity contribution >= 4 is 17.7 Å². The number of fused-ring (bicyclic) bond motifs is 1. The Morgan fingerprint density at radius 2 is 2.00 bits per heavy atom. The largest absolute Gasteiger partial charge is 0.356 e. The first-order chi connectivity index (χ1) is 10.8. The minimum absolute atomic E-state index is 0.150. The van der Waals surface area contributed by atoms with Gasteiger partial charge in [0.2, 0.25) is 5.91 Å². The second kappa shape index (κ2) is 7.97. The van der Waals surface area contributed by atoms with Crippen LogP contribution in [0.2, 0.25) is 0 Å². The number of benzene rings is 1. The number of hydrogen-bond donors (Lipinski definition) is 4. The average molecular weight is 320 g/mol. The van der Waals surface area contributed by atoms with Crippen molar-refractivity contribution in [2.24, 2.45) is 5.92 Å². The number of hydrogen-bond acceptors (Lipinski definition) is 5. The Balaban J connectivity index is 1.31. The number of rotatable bonds is 6. The molecule has 1 amide bonds. The normalized spacial score (nSPS) is 27.4. The first-order valence-electron chi connectivity index (χ1n) is 8.04. The molecule has 2 fully saturated rings. The summed E-state index contributed by atoms with van der Waals surface area (Å²) in [6.07, 6.45) is 3.94. The van der Waals surface area contributed by atoms with Crippen molar-refractivity contribution in [1.29, 1.82) is 0 Å². The van der Waals surface area contributed by atoms with E-state index in [9.17, 15) is 4.79 Å². The zero-order chi connectivity index (χ0) is 15.2. The van der Waals surface area contributed by atoms with Crippen LogP contribution in [0.3, 0.4) is 0 Å². The molecule has 0 aromatic heterocycles. The van der Waals surface area contributed by atoms with E-state index in [0.29, 0.717) is 12.1 Å². The summed E-state index contributed by atoms with van der Waals surface area (Å²) in [4.78, 5) is 13.5. The summed E-state index contributed by atoms with van der Waals surface area (Å²) < 4.78 is 0. The Kier molecular flexibility index (Phi) is 5.72. The molecule has 2 aliphatic rings. The van der Waals surface area contributed by atoms with Gasteiger partial charge in [-0.15, -0.1) is 11.8 Å². The second-order valence-electron chi connectivity index (χ2n) is 5.94. The predicted molar refractivity (Wildman–Crippen MR) is 89.1 cm³/mol. The van der Waals surface area contributed by atoms with E-state index in [2.05, 4.69) is 46.0 Å². The molecule has 5 nitrogen and oxygen atoms in total. The van der Waals surface area contributed by atoms with Crippen molar-refractivity contribution in [3.63, 3.8) is 0 Å². The standard InChI is InChI=1S/C16H24N4OS/c21-16(12-7-8-14-15(11-12)19-20-18-14)17-9-4-10-22-13-5-2-1-3-6-13/h1-3,5-6,12,14-15,18-20H,4,7-11H2,(H,17,21). The van der Waals surface area contributed by atoms with E-state index >= 15 is 0 Å². The Morgan fingerprint density at radius 1 is 1.18 bits per heavy atom. The van der Waals surface area contributed by atoms with Crippen LogP contribution in [0.5, 0.6) is 0 Å². The molecule has 120 valence electrons. The molecule has 1 heterocycles. The van der Waals surface area contributed by atoms with Gasteiger partial charge in [-0.3, -0.25) is 4.79 Å². The van der Waals surface area contributed by atoms with Crippen LogP contribution in [0, 0.1) is 5.92 Å². The Labute approximate surface area is 135 Å². The third kappa shape index (κ3) is 4.23. The van der Waals surface area contributed by atoms with Crippen LogP contribution in [-0.2, 0) is 4.79 Å². The summed E-state index contributed by atoms with van der Waals surface area (Å²) in [5.74, 6) is 1.41. The Morgan fingerprint density at radius 3 is 2.86 bits per heavy atom. The number of thioether (sulfide) groups is 1. The molecule has 4 N–H and O–H groups in total. The molecule has 22 heavy (non-hydrogen) atoms. The summed E-state index contributed by atoms with van der Waals surface area (Å²) in [6.45, 7) is 0.771. The summed E-state index contributed by atoms with van der Waals surface area (Å²) >= 11 is 1.84. The highest BCUT2D eigenvalue weighted by molar-refractivity contribution is 7.99. The molecule has 1 saturated carbocycles. The van der Waals surface area contributed by atoms with Crippen molar-refractivity contribution in [2.45, 2.75) is 42.7 Å². The molecule has 1 aromatic rings. The average Bonchev–Trinajstić information content (AvgIpc) is 3.03. The van der Waals surface area contributed by atoms with E-state index < -0.39 is 0 Å². The van der Waals surface area contributed by atoms with Gasteiger partial charge in [0, 0.05) is 29.4 Å². The smallest absolute Gasteiger partial charge is 0.223 e. The molecule has 1 aromatic carbocycles. The van der Waals surface area contributed by atoms with Crippen LogP contribution in [0.4, 0.5) is 0 Å². The van der Waals surface area contributed by atoms with Gasteiger partial charge in [0.15, 0.2) is 0 Å². The van der Waals surface area contributed by atoms with Gasteiger partial charge in [0.1, 0.15) is 0 Å². The molecule has 0 bridgehead atoms. The van der Waals surface area contributed by atoms with Crippen molar-refractivity contribution in [3.05, 3.63) is 30.3 Å². The summed E-state index contributed by atoms with van der Waals surface area (Å²) in [6, 6.07) is 11.2. The second-order valence-corrected chi connectivity index (χ2v) is 7.11. The van der Waals surface area contributed by atoms with Crippen LogP contribution in [0.1, 0.15) is 25.7 Å². The van der Waals surface area contributed by atoms with Gasteiger partial charge in [-0.25, -0.2) is 10.9 Å². The molecule has 0 radical (unpaired) electrons. The van der Waals surface area contributed by atoms with Crippen molar-refractivity contribution < 1.29 is 4.79 Å². The molecular formula is C16H24N4OS. The highest BCUT2D eigenvalue weighted by atomic mass is 32.2.